The molecule has 1 aliphatic rings. The molecule has 1 amide bonds. The molecular weight excluding hydrogens is 392 g/mol. The highest BCUT2D eigenvalue weighted by atomic mass is 16.2. The molecular formula is C23H28N6O2. The molecule has 31 heavy (non-hydrogen) atoms. The molecule has 8 heteroatoms. The van der Waals surface area contributed by atoms with Gasteiger partial charge in [0.15, 0.2) is 5.78 Å². The molecule has 1 aliphatic carbocycles. The molecule has 2 unspecified atom stereocenters. The number of hydrogen-bond acceptors (Lipinski definition) is 6. The molecule has 1 aromatic carbocycles. The molecule has 1 aromatic heterocycles. The van der Waals surface area contributed by atoms with Crippen LogP contribution in [0.15, 0.2) is 43.1 Å². The van der Waals surface area contributed by atoms with E-state index < -0.39 is 11.8 Å². The first-order valence-corrected chi connectivity index (χ1v) is 10.2. The highest BCUT2D eigenvalue weighted by Crippen LogP contribution is 2.34. The standard InChI is InChI=1S/C23H28N6O2/c1-14(25)21-20(13-29(2)28-21)27-23(31)18-6-4-3-5-17(18)22(30)16-9-7-15(8-10-16)19(26)11-12-24/h7-13,17-18,24H,1,3-6,25-26H2,2H3,(H,27,31). The number of hydrogen-bond donors (Lipinski definition) is 4. The number of Topliss-reactive ketones (excluding diaryl/α,β-unsaturated/α-hetero) is 1. The van der Waals surface area contributed by atoms with Crippen LogP contribution in [0.4, 0.5) is 5.69 Å². The van der Waals surface area contributed by atoms with Gasteiger partial charge in [-0.1, -0.05) is 43.7 Å². The average molecular weight is 421 g/mol. The van der Waals surface area contributed by atoms with Gasteiger partial charge in [-0.05, 0) is 24.5 Å². The fourth-order valence-electron chi connectivity index (χ4n) is 4.03. The number of nitrogens with one attached hydrogen (secondary N) is 2. The summed E-state index contributed by atoms with van der Waals surface area (Å²) in [6, 6.07) is 6.97. The van der Waals surface area contributed by atoms with E-state index in [-0.39, 0.29) is 17.4 Å². The van der Waals surface area contributed by atoms with Gasteiger partial charge in [0.1, 0.15) is 5.69 Å². The molecule has 1 fully saturated rings. The number of ketones is 1. The second kappa shape index (κ2) is 9.42. The highest BCUT2D eigenvalue weighted by molar-refractivity contribution is 6.03. The lowest BCUT2D eigenvalue weighted by Crippen LogP contribution is -2.36. The van der Waals surface area contributed by atoms with Crippen LogP contribution in [0.2, 0.25) is 0 Å². The van der Waals surface area contributed by atoms with Crippen LogP contribution in [0, 0.1) is 17.2 Å². The van der Waals surface area contributed by atoms with E-state index in [9.17, 15) is 9.59 Å². The van der Waals surface area contributed by atoms with Crippen LogP contribution in [0.3, 0.4) is 0 Å². The third-order valence-electron chi connectivity index (χ3n) is 5.60. The van der Waals surface area contributed by atoms with E-state index in [4.69, 9.17) is 16.9 Å². The van der Waals surface area contributed by atoms with Crippen molar-refractivity contribution < 1.29 is 9.59 Å². The summed E-state index contributed by atoms with van der Waals surface area (Å²) < 4.78 is 1.56. The molecule has 2 aromatic rings. The number of amides is 1. The van der Waals surface area contributed by atoms with Crippen LogP contribution in [-0.4, -0.2) is 27.7 Å². The van der Waals surface area contributed by atoms with Crippen molar-refractivity contribution in [3.63, 3.8) is 0 Å². The zero-order chi connectivity index (χ0) is 22.5. The van der Waals surface area contributed by atoms with Crippen LogP contribution < -0.4 is 16.8 Å². The molecule has 2 atom stereocenters. The maximum Gasteiger partial charge on any atom is 0.228 e. The van der Waals surface area contributed by atoms with E-state index in [1.165, 1.54) is 6.08 Å². The predicted octanol–water partition coefficient (Wildman–Crippen LogP) is 2.93. The molecule has 0 radical (unpaired) electrons. The number of aryl methyl sites for hydroxylation is 1. The van der Waals surface area contributed by atoms with Crippen LogP contribution in [0.25, 0.3) is 11.4 Å². The van der Waals surface area contributed by atoms with Gasteiger partial charge in [0, 0.05) is 42.6 Å². The summed E-state index contributed by atoms with van der Waals surface area (Å²) in [5.74, 6) is -1.07. The van der Waals surface area contributed by atoms with Crippen molar-refractivity contribution in [2.24, 2.45) is 30.4 Å². The summed E-state index contributed by atoms with van der Waals surface area (Å²) in [6.45, 7) is 3.70. The van der Waals surface area contributed by atoms with Crippen LogP contribution in [0.1, 0.15) is 47.3 Å². The number of allylic oxidation sites excluding steroid dienone is 1. The minimum Gasteiger partial charge on any atom is -0.398 e. The fraction of sp³-hybridized carbons (Fsp3) is 0.304. The molecule has 1 heterocycles. The van der Waals surface area contributed by atoms with E-state index >= 15 is 0 Å². The maximum absolute atomic E-state index is 13.2. The minimum absolute atomic E-state index is 0.0457. The molecule has 0 spiro atoms. The van der Waals surface area contributed by atoms with Gasteiger partial charge in [-0.3, -0.25) is 14.3 Å². The average Bonchev–Trinajstić information content (AvgIpc) is 3.13. The van der Waals surface area contributed by atoms with Crippen molar-refractivity contribution >= 4 is 35.0 Å². The van der Waals surface area contributed by atoms with Crippen LogP contribution >= 0.6 is 0 Å². The van der Waals surface area contributed by atoms with E-state index in [0.29, 0.717) is 35.5 Å². The van der Waals surface area contributed by atoms with Gasteiger partial charge in [0.05, 0.1) is 11.4 Å². The Morgan fingerprint density at radius 3 is 2.39 bits per heavy atom. The van der Waals surface area contributed by atoms with Crippen LogP contribution in [-0.2, 0) is 11.8 Å². The second-order valence-corrected chi connectivity index (χ2v) is 7.81. The van der Waals surface area contributed by atoms with Gasteiger partial charge in [-0.25, -0.2) is 0 Å². The molecule has 162 valence electrons. The lowest BCUT2D eigenvalue weighted by molar-refractivity contribution is -0.122. The number of carbonyl (C=O) groups excluding carboxylic acids is 2. The van der Waals surface area contributed by atoms with Gasteiger partial charge in [-0.15, -0.1) is 0 Å². The zero-order valence-corrected chi connectivity index (χ0v) is 17.6. The summed E-state index contributed by atoms with van der Waals surface area (Å²) in [7, 11) is 1.74. The van der Waals surface area contributed by atoms with Gasteiger partial charge >= 0.3 is 0 Å². The first kappa shape index (κ1) is 22.0. The molecule has 0 aliphatic heterocycles. The van der Waals surface area contributed by atoms with Gasteiger partial charge in [0.25, 0.3) is 0 Å². The van der Waals surface area contributed by atoms with Gasteiger partial charge in [-0.2, -0.15) is 5.10 Å². The first-order chi connectivity index (χ1) is 14.8. The Morgan fingerprint density at radius 1 is 1.16 bits per heavy atom. The lowest BCUT2D eigenvalue weighted by Gasteiger charge is -2.29. The molecule has 6 N–H and O–H groups in total. The molecule has 0 bridgehead atoms. The molecule has 0 saturated heterocycles. The number of rotatable bonds is 7. The summed E-state index contributed by atoms with van der Waals surface area (Å²) >= 11 is 0. The Labute approximate surface area is 181 Å². The predicted molar refractivity (Wildman–Crippen MR) is 122 cm³/mol. The van der Waals surface area contributed by atoms with E-state index in [0.717, 1.165) is 24.6 Å². The number of carbonyl (C=O) groups is 2. The normalized spacial score (nSPS) is 18.9. The molecule has 8 nitrogen and oxygen atoms in total. The summed E-state index contributed by atoms with van der Waals surface area (Å²) in [6.07, 6.45) is 7.40. The first-order valence-electron chi connectivity index (χ1n) is 10.2. The minimum atomic E-state index is -0.428. The Hall–Kier alpha value is -3.68. The van der Waals surface area contributed by atoms with E-state index in [2.05, 4.69) is 17.0 Å². The number of benzene rings is 1. The van der Waals surface area contributed by atoms with Gasteiger partial charge < -0.3 is 22.2 Å². The van der Waals surface area contributed by atoms with Crippen molar-refractivity contribution in [2.75, 3.05) is 5.32 Å². The monoisotopic (exact) mass is 420 g/mol. The van der Waals surface area contributed by atoms with Crippen molar-refractivity contribution in [2.45, 2.75) is 25.7 Å². The van der Waals surface area contributed by atoms with E-state index in [1.54, 1.807) is 42.2 Å². The quantitative estimate of drug-likeness (QED) is 0.403. The Kier molecular flexibility index (Phi) is 6.69. The van der Waals surface area contributed by atoms with Gasteiger partial charge in [0.2, 0.25) is 5.91 Å². The van der Waals surface area contributed by atoms with Crippen molar-refractivity contribution in [3.05, 3.63) is 59.9 Å². The third kappa shape index (κ3) is 4.91. The number of nitrogens with two attached hydrogens (primary N) is 2. The van der Waals surface area contributed by atoms with E-state index in [1.807, 2.05) is 0 Å². The number of nitrogens with zero attached hydrogens (tertiary/aromatic N) is 2. The highest BCUT2D eigenvalue weighted by Gasteiger charge is 2.36. The van der Waals surface area contributed by atoms with Crippen molar-refractivity contribution in [1.29, 1.82) is 5.41 Å². The molecule has 1 saturated carbocycles. The number of anilines is 1. The number of aromatic nitrogens is 2. The zero-order valence-electron chi connectivity index (χ0n) is 17.6. The topological polar surface area (TPSA) is 140 Å². The van der Waals surface area contributed by atoms with Crippen LogP contribution in [0.5, 0.6) is 0 Å². The Morgan fingerprint density at radius 2 is 1.77 bits per heavy atom. The maximum atomic E-state index is 13.2. The third-order valence-corrected chi connectivity index (χ3v) is 5.60. The van der Waals surface area contributed by atoms with Crippen molar-refractivity contribution in [1.82, 2.24) is 9.78 Å². The Balaban J connectivity index is 1.79. The smallest absolute Gasteiger partial charge is 0.228 e. The fourth-order valence-corrected chi connectivity index (χ4v) is 4.03. The lowest BCUT2D eigenvalue weighted by atomic mass is 9.75. The van der Waals surface area contributed by atoms with Crippen molar-refractivity contribution in [3.8, 4) is 0 Å². The SMILES string of the molecule is C=C(N)c1nn(C)cc1NC(=O)C1CCCCC1C(=O)c1ccc(C(N)=CC=N)cc1. The summed E-state index contributed by atoms with van der Waals surface area (Å²) in [4.78, 5) is 26.3. The summed E-state index contributed by atoms with van der Waals surface area (Å²) in [5, 5.41) is 14.2. The molecule has 3 rings (SSSR count). The largest absolute Gasteiger partial charge is 0.398 e. The summed E-state index contributed by atoms with van der Waals surface area (Å²) in [5.41, 5.74) is 14.6. The second-order valence-electron chi connectivity index (χ2n) is 7.81. The Bertz CT molecular complexity index is 1030.